The minimum absolute atomic E-state index is 0.0501. The van der Waals surface area contributed by atoms with Crippen molar-refractivity contribution in [2.24, 2.45) is 0 Å². The maximum absolute atomic E-state index is 11.2. The molecule has 1 atom stereocenters. The monoisotopic (exact) mass is 281 g/mol. The summed E-state index contributed by atoms with van der Waals surface area (Å²) < 4.78 is 28.2. The van der Waals surface area contributed by atoms with Crippen LogP contribution in [0.2, 0.25) is 0 Å². The van der Waals surface area contributed by atoms with Crippen molar-refractivity contribution in [1.82, 2.24) is 4.90 Å². The van der Waals surface area contributed by atoms with Crippen molar-refractivity contribution in [3.05, 3.63) is 36.1 Å². The molecular formula is C14H19NO3S. The van der Waals surface area contributed by atoms with Crippen LogP contribution in [0, 0.1) is 0 Å². The van der Waals surface area contributed by atoms with Crippen LogP contribution in [0.5, 0.6) is 0 Å². The van der Waals surface area contributed by atoms with Crippen LogP contribution in [0.15, 0.2) is 34.7 Å². The Kier molecular flexibility index (Phi) is 3.96. The largest absolute Gasteiger partial charge is 0.459 e. The standard InChI is InChI=1S/C14H19NO3S/c1-11(15(2)8-9-19(3,16)17)14-10-12-6-4-5-7-13(12)18-14/h4-7,10-11H,8-9H2,1-3H3. The van der Waals surface area contributed by atoms with Crippen LogP contribution in [-0.2, 0) is 9.84 Å². The molecular weight excluding hydrogens is 262 g/mol. The van der Waals surface area contributed by atoms with Crippen molar-refractivity contribution >= 4 is 20.8 Å². The van der Waals surface area contributed by atoms with E-state index >= 15 is 0 Å². The smallest absolute Gasteiger partial charge is 0.148 e. The second-order valence-corrected chi connectivity index (χ2v) is 7.23. The molecule has 4 nitrogen and oxygen atoms in total. The minimum Gasteiger partial charge on any atom is -0.459 e. The summed E-state index contributed by atoms with van der Waals surface area (Å²) in [5, 5.41) is 1.07. The number of sulfone groups is 1. The summed E-state index contributed by atoms with van der Waals surface area (Å²) in [7, 11) is -1.03. The van der Waals surface area contributed by atoms with Gasteiger partial charge in [-0.1, -0.05) is 18.2 Å². The number of furan rings is 1. The van der Waals surface area contributed by atoms with E-state index < -0.39 is 9.84 Å². The number of rotatable bonds is 5. The number of nitrogens with zero attached hydrogens (tertiary/aromatic N) is 1. The SMILES string of the molecule is CC(c1cc2ccccc2o1)N(C)CCS(C)(=O)=O. The number of fused-ring (bicyclic) bond motifs is 1. The molecule has 104 valence electrons. The van der Waals surface area contributed by atoms with E-state index in [1.807, 2.05) is 49.2 Å². The first-order valence-corrected chi connectivity index (χ1v) is 8.29. The van der Waals surface area contributed by atoms with Crippen molar-refractivity contribution in [2.45, 2.75) is 13.0 Å². The summed E-state index contributed by atoms with van der Waals surface area (Å²) in [6.07, 6.45) is 1.26. The van der Waals surface area contributed by atoms with Gasteiger partial charge < -0.3 is 4.42 Å². The lowest BCUT2D eigenvalue weighted by molar-refractivity contribution is 0.246. The molecule has 0 amide bonds. The molecule has 1 aromatic carbocycles. The zero-order chi connectivity index (χ0) is 14.0. The Labute approximate surface area is 113 Å². The molecule has 2 aromatic rings. The van der Waals surface area contributed by atoms with Crippen molar-refractivity contribution in [3.63, 3.8) is 0 Å². The molecule has 0 radical (unpaired) electrons. The molecule has 0 saturated heterocycles. The fourth-order valence-corrected chi connectivity index (χ4v) is 2.55. The lowest BCUT2D eigenvalue weighted by Gasteiger charge is -2.22. The van der Waals surface area contributed by atoms with E-state index in [4.69, 9.17) is 4.42 Å². The Morgan fingerprint density at radius 2 is 2.00 bits per heavy atom. The predicted molar refractivity (Wildman–Crippen MR) is 77.0 cm³/mol. The number of benzene rings is 1. The first-order valence-electron chi connectivity index (χ1n) is 6.23. The van der Waals surface area contributed by atoms with Crippen molar-refractivity contribution in [3.8, 4) is 0 Å². The molecule has 19 heavy (non-hydrogen) atoms. The first-order chi connectivity index (χ1) is 8.87. The van der Waals surface area contributed by atoms with Gasteiger partial charge in [-0.3, -0.25) is 4.90 Å². The molecule has 1 unspecified atom stereocenters. The molecule has 1 aromatic heterocycles. The minimum atomic E-state index is -2.93. The van der Waals surface area contributed by atoms with E-state index in [-0.39, 0.29) is 11.8 Å². The van der Waals surface area contributed by atoms with E-state index in [0.717, 1.165) is 16.7 Å². The Bertz CT molecular complexity index is 627. The van der Waals surface area contributed by atoms with Gasteiger partial charge in [0.1, 0.15) is 21.2 Å². The third-order valence-corrected chi connectivity index (χ3v) is 4.26. The molecule has 0 bridgehead atoms. The number of para-hydroxylation sites is 1. The maximum Gasteiger partial charge on any atom is 0.148 e. The Morgan fingerprint density at radius 1 is 1.32 bits per heavy atom. The lowest BCUT2D eigenvalue weighted by atomic mass is 10.2. The Balaban J connectivity index is 2.12. The van der Waals surface area contributed by atoms with E-state index in [1.54, 1.807) is 0 Å². The van der Waals surface area contributed by atoms with Crippen molar-refractivity contribution in [2.75, 3.05) is 25.6 Å². The van der Waals surface area contributed by atoms with Crippen molar-refractivity contribution in [1.29, 1.82) is 0 Å². The molecule has 0 saturated carbocycles. The second kappa shape index (κ2) is 5.35. The molecule has 0 aliphatic carbocycles. The van der Waals surface area contributed by atoms with Gasteiger partial charge in [0.25, 0.3) is 0 Å². The van der Waals surface area contributed by atoms with Crippen LogP contribution in [0.4, 0.5) is 0 Å². The third-order valence-electron chi connectivity index (χ3n) is 3.33. The summed E-state index contributed by atoms with van der Waals surface area (Å²) in [4.78, 5) is 1.98. The fraction of sp³-hybridized carbons (Fsp3) is 0.429. The molecule has 0 aliphatic rings. The van der Waals surface area contributed by atoms with Gasteiger partial charge in [-0.05, 0) is 26.1 Å². The molecule has 1 heterocycles. The topological polar surface area (TPSA) is 50.5 Å². The summed E-state index contributed by atoms with van der Waals surface area (Å²) in [6, 6.07) is 9.91. The molecule has 5 heteroatoms. The van der Waals surface area contributed by atoms with E-state index in [0.29, 0.717) is 6.54 Å². The van der Waals surface area contributed by atoms with Gasteiger partial charge in [-0.25, -0.2) is 8.42 Å². The highest BCUT2D eigenvalue weighted by molar-refractivity contribution is 7.90. The summed E-state index contributed by atoms with van der Waals surface area (Å²) in [6.45, 7) is 2.51. The van der Waals surface area contributed by atoms with Crippen LogP contribution < -0.4 is 0 Å². The van der Waals surface area contributed by atoms with Crippen LogP contribution in [0.3, 0.4) is 0 Å². The highest BCUT2D eigenvalue weighted by atomic mass is 32.2. The Hall–Kier alpha value is -1.33. The van der Waals surface area contributed by atoms with Gasteiger partial charge in [0.05, 0.1) is 11.8 Å². The molecule has 2 rings (SSSR count). The quantitative estimate of drug-likeness (QED) is 0.845. The Morgan fingerprint density at radius 3 is 2.63 bits per heavy atom. The molecule has 0 aliphatic heterocycles. The third kappa shape index (κ3) is 3.58. The fourth-order valence-electron chi connectivity index (χ4n) is 1.93. The summed E-state index contributed by atoms with van der Waals surface area (Å²) in [5.41, 5.74) is 0.862. The van der Waals surface area contributed by atoms with Gasteiger partial charge in [-0.15, -0.1) is 0 Å². The normalized spacial score (nSPS) is 14.1. The van der Waals surface area contributed by atoms with Crippen LogP contribution in [0.1, 0.15) is 18.7 Å². The second-order valence-electron chi connectivity index (χ2n) is 4.97. The molecule has 0 fully saturated rings. The van der Waals surface area contributed by atoms with E-state index in [9.17, 15) is 8.42 Å². The molecule has 0 N–H and O–H groups in total. The van der Waals surface area contributed by atoms with Crippen molar-refractivity contribution < 1.29 is 12.8 Å². The number of hydrogen-bond donors (Lipinski definition) is 0. The zero-order valence-electron chi connectivity index (χ0n) is 11.5. The first kappa shape index (κ1) is 14.1. The summed E-state index contributed by atoms with van der Waals surface area (Å²) in [5.74, 6) is 1.02. The van der Waals surface area contributed by atoms with Gasteiger partial charge in [0.2, 0.25) is 0 Å². The predicted octanol–water partition coefficient (Wildman–Crippen LogP) is 2.47. The molecule has 0 spiro atoms. The van der Waals surface area contributed by atoms with Crippen LogP contribution >= 0.6 is 0 Å². The van der Waals surface area contributed by atoms with Gasteiger partial charge >= 0.3 is 0 Å². The van der Waals surface area contributed by atoms with E-state index in [1.165, 1.54) is 6.26 Å². The zero-order valence-corrected chi connectivity index (χ0v) is 12.3. The lowest BCUT2D eigenvalue weighted by Crippen LogP contribution is -2.27. The van der Waals surface area contributed by atoms with E-state index in [2.05, 4.69) is 0 Å². The maximum atomic E-state index is 11.2. The average Bonchev–Trinajstić information content (AvgIpc) is 2.77. The highest BCUT2D eigenvalue weighted by Gasteiger charge is 2.17. The van der Waals surface area contributed by atoms with Gasteiger partial charge in [0, 0.05) is 18.2 Å². The highest BCUT2D eigenvalue weighted by Crippen LogP contribution is 2.26. The van der Waals surface area contributed by atoms with Gasteiger partial charge in [0.15, 0.2) is 0 Å². The number of hydrogen-bond acceptors (Lipinski definition) is 4. The van der Waals surface area contributed by atoms with Crippen LogP contribution in [0.25, 0.3) is 11.0 Å². The van der Waals surface area contributed by atoms with Crippen LogP contribution in [-0.4, -0.2) is 38.9 Å². The average molecular weight is 281 g/mol. The van der Waals surface area contributed by atoms with Gasteiger partial charge in [-0.2, -0.15) is 0 Å². The summed E-state index contributed by atoms with van der Waals surface area (Å²) >= 11 is 0.